The standard InChI is InChI=1S/C15H16N2O2/c1-9-5-10-3-4-11(7-12(10)6-9)14-8-13(15(18)19)16-17(14)2/h3-4,7-9H,5-6H2,1-2H3,(H,18,19). The molecular weight excluding hydrogens is 240 g/mol. The van der Waals surface area contributed by atoms with Gasteiger partial charge in [-0.3, -0.25) is 4.68 Å². The molecule has 4 nitrogen and oxygen atoms in total. The van der Waals surface area contributed by atoms with Crippen LogP contribution in [0.5, 0.6) is 0 Å². The molecule has 1 heterocycles. The molecule has 2 aromatic rings. The van der Waals surface area contributed by atoms with E-state index in [1.54, 1.807) is 17.8 Å². The van der Waals surface area contributed by atoms with Crippen LogP contribution >= 0.6 is 0 Å². The molecule has 0 bridgehead atoms. The van der Waals surface area contributed by atoms with Crippen molar-refractivity contribution in [3.05, 3.63) is 41.1 Å². The van der Waals surface area contributed by atoms with Crippen molar-refractivity contribution in [3.8, 4) is 11.3 Å². The Morgan fingerprint density at radius 3 is 2.74 bits per heavy atom. The van der Waals surface area contributed by atoms with E-state index in [2.05, 4.69) is 30.2 Å². The fourth-order valence-electron chi connectivity index (χ4n) is 2.84. The SMILES string of the molecule is CC1Cc2ccc(-c3cc(C(=O)O)nn3C)cc2C1. The molecule has 98 valence electrons. The molecule has 1 atom stereocenters. The van der Waals surface area contributed by atoms with E-state index in [4.69, 9.17) is 5.11 Å². The van der Waals surface area contributed by atoms with Gasteiger partial charge in [0.2, 0.25) is 0 Å². The Morgan fingerprint density at radius 2 is 2.05 bits per heavy atom. The second-order valence-corrected chi connectivity index (χ2v) is 5.34. The summed E-state index contributed by atoms with van der Waals surface area (Å²) in [4.78, 5) is 11.0. The van der Waals surface area contributed by atoms with Gasteiger partial charge in [-0.05, 0) is 42.0 Å². The summed E-state index contributed by atoms with van der Waals surface area (Å²) >= 11 is 0. The van der Waals surface area contributed by atoms with E-state index in [1.165, 1.54) is 11.1 Å². The molecule has 1 aromatic carbocycles. The van der Waals surface area contributed by atoms with Crippen molar-refractivity contribution < 1.29 is 9.90 Å². The second kappa shape index (κ2) is 4.23. The highest BCUT2D eigenvalue weighted by Crippen LogP contribution is 2.30. The lowest BCUT2D eigenvalue weighted by Gasteiger charge is -2.05. The fourth-order valence-corrected chi connectivity index (χ4v) is 2.84. The Labute approximate surface area is 111 Å². The van der Waals surface area contributed by atoms with E-state index >= 15 is 0 Å². The van der Waals surface area contributed by atoms with E-state index < -0.39 is 5.97 Å². The molecule has 3 rings (SSSR count). The quantitative estimate of drug-likeness (QED) is 0.898. The number of carbonyl (C=O) groups is 1. The largest absolute Gasteiger partial charge is 0.476 e. The Hall–Kier alpha value is -2.10. The highest BCUT2D eigenvalue weighted by atomic mass is 16.4. The van der Waals surface area contributed by atoms with E-state index in [1.807, 2.05) is 0 Å². The van der Waals surface area contributed by atoms with Gasteiger partial charge in [-0.1, -0.05) is 19.1 Å². The van der Waals surface area contributed by atoms with Crippen molar-refractivity contribution in [2.45, 2.75) is 19.8 Å². The molecule has 1 N–H and O–H groups in total. The first-order valence-corrected chi connectivity index (χ1v) is 6.44. The third-order valence-corrected chi connectivity index (χ3v) is 3.74. The highest BCUT2D eigenvalue weighted by molar-refractivity contribution is 5.87. The number of carboxylic acid groups (broad SMARTS) is 1. The lowest BCUT2D eigenvalue weighted by Crippen LogP contribution is -1.99. The number of nitrogens with zero attached hydrogens (tertiary/aromatic N) is 2. The minimum Gasteiger partial charge on any atom is -0.476 e. The third-order valence-electron chi connectivity index (χ3n) is 3.74. The molecular formula is C15H16N2O2. The summed E-state index contributed by atoms with van der Waals surface area (Å²) in [7, 11) is 1.78. The minimum absolute atomic E-state index is 0.0892. The molecule has 1 aromatic heterocycles. The average Bonchev–Trinajstić information content (AvgIpc) is 2.90. The first kappa shape index (κ1) is 12.0. The van der Waals surface area contributed by atoms with Crippen molar-refractivity contribution in [3.63, 3.8) is 0 Å². The van der Waals surface area contributed by atoms with Crippen LogP contribution in [0.2, 0.25) is 0 Å². The number of aromatic nitrogens is 2. The maximum absolute atomic E-state index is 11.0. The van der Waals surface area contributed by atoms with Crippen LogP contribution < -0.4 is 0 Å². The zero-order valence-electron chi connectivity index (χ0n) is 11.1. The van der Waals surface area contributed by atoms with Crippen LogP contribution in [0.3, 0.4) is 0 Å². The summed E-state index contributed by atoms with van der Waals surface area (Å²) in [5, 5.41) is 13.0. The zero-order chi connectivity index (χ0) is 13.6. The van der Waals surface area contributed by atoms with Gasteiger partial charge in [-0.15, -0.1) is 0 Å². The molecule has 0 radical (unpaired) electrons. The summed E-state index contributed by atoms with van der Waals surface area (Å²) in [5.41, 5.74) is 4.77. The predicted octanol–water partition coefficient (Wildman–Crippen LogP) is 2.52. The molecule has 0 spiro atoms. The van der Waals surface area contributed by atoms with E-state index in [9.17, 15) is 4.79 Å². The van der Waals surface area contributed by atoms with Gasteiger partial charge in [0, 0.05) is 12.6 Å². The number of benzene rings is 1. The second-order valence-electron chi connectivity index (χ2n) is 5.34. The molecule has 4 heteroatoms. The Kier molecular flexibility index (Phi) is 2.66. The van der Waals surface area contributed by atoms with Crippen LogP contribution in [0.25, 0.3) is 11.3 Å². The summed E-state index contributed by atoms with van der Waals surface area (Å²) in [5.74, 6) is -0.289. The molecule has 1 aliphatic carbocycles. The fraction of sp³-hybridized carbons (Fsp3) is 0.333. The number of hydrogen-bond acceptors (Lipinski definition) is 2. The molecule has 0 saturated carbocycles. The Morgan fingerprint density at radius 1 is 1.32 bits per heavy atom. The van der Waals surface area contributed by atoms with Crippen LogP contribution in [0.15, 0.2) is 24.3 Å². The molecule has 0 amide bonds. The van der Waals surface area contributed by atoms with Gasteiger partial charge >= 0.3 is 5.97 Å². The van der Waals surface area contributed by atoms with Gasteiger partial charge in [0.25, 0.3) is 0 Å². The summed E-state index contributed by atoms with van der Waals surface area (Å²) in [6.07, 6.45) is 2.24. The molecule has 0 saturated heterocycles. The first-order valence-electron chi connectivity index (χ1n) is 6.44. The highest BCUT2D eigenvalue weighted by Gasteiger charge is 2.19. The van der Waals surface area contributed by atoms with Gasteiger partial charge in [0.1, 0.15) is 0 Å². The first-order chi connectivity index (χ1) is 9.04. The number of aryl methyl sites for hydroxylation is 1. The molecule has 1 unspecified atom stereocenters. The van der Waals surface area contributed by atoms with Crippen molar-refractivity contribution in [2.24, 2.45) is 13.0 Å². The number of carboxylic acids is 1. The van der Waals surface area contributed by atoms with E-state index in [-0.39, 0.29) is 5.69 Å². The third kappa shape index (κ3) is 2.03. The zero-order valence-corrected chi connectivity index (χ0v) is 11.1. The average molecular weight is 256 g/mol. The smallest absolute Gasteiger partial charge is 0.356 e. The van der Waals surface area contributed by atoms with Crippen molar-refractivity contribution in [1.82, 2.24) is 9.78 Å². The summed E-state index contributed by atoms with van der Waals surface area (Å²) in [6, 6.07) is 8.01. The van der Waals surface area contributed by atoms with Crippen molar-refractivity contribution in [2.75, 3.05) is 0 Å². The minimum atomic E-state index is -0.989. The maximum Gasteiger partial charge on any atom is 0.356 e. The molecule has 0 aliphatic heterocycles. The van der Waals surface area contributed by atoms with Crippen LogP contribution in [-0.2, 0) is 19.9 Å². The number of hydrogen-bond donors (Lipinski definition) is 1. The summed E-state index contributed by atoms with van der Waals surface area (Å²) in [6.45, 7) is 2.26. The molecule has 1 aliphatic rings. The monoisotopic (exact) mass is 256 g/mol. The van der Waals surface area contributed by atoms with E-state index in [0.29, 0.717) is 5.92 Å². The normalized spacial score (nSPS) is 17.5. The topological polar surface area (TPSA) is 55.1 Å². The lowest BCUT2D eigenvalue weighted by molar-refractivity contribution is 0.0689. The summed E-state index contributed by atoms with van der Waals surface area (Å²) < 4.78 is 1.63. The van der Waals surface area contributed by atoms with Gasteiger partial charge in [-0.25, -0.2) is 4.79 Å². The van der Waals surface area contributed by atoms with Gasteiger partial charge < -0.3 is 5.11 Å². The number of fused-ring (bicyclic) bond motifs is 1. The Balaban J connectivity index is 2.04. The van der Waals surface area contributed by atoms with Crippen LogP contribution in [0.4, 0.5) is 0 Å². The van der Waals surface area contributed by atoms with Gasteiger partial charge in [-0.2, -0.15) is 5.10 Å². The van der Waals surface area contributed by atoms with Crippen LogP contribution in [-0.4, -0.2) is 20.9 Å². The lowest BCUT2D eigenvalue weighted by atomic mass is 10.0. The molecule has 19 heavy (non-hydrogen) atoms. The van der Waals surface area contributed by atoms with E-state index in [0.717, 1.165) is 24.1 Å². The number of aromatic carboxylic acids is 1. The molecule has 0 fully saturated rings. The van der Waals surface area contributed by atoms with Crippen molar-refractivity contribution in [1.29, 1.82) is 0 Å². The predicted molar refractivity (Wildman–Crippen MR) is 72.2 cm³/mol. The van der Waals surface area contributed by atoms with Gasteiger partial charge in [0.05, 0.1) is 5.69 Å². The number of rotatable bonds is 2. The Bertz CT molecular complexity index is 658. The maximum atomic E-state index is 11.0. The van der Waals surface area contributed by atoms with Crippen molar-refractivity contribution >= 4 is 5.97 Å². The van der Waals surface area contributed by atoms with Gasteiger partial charge in [0.15, 0.2) is 5.69 Å². The van der Waals surface area contributed by atoms with Crippen LogP contribution in [0, 0.1) is 5.92 Å². The van der Waals surface area contributed by atoms with Crippen LogP contribution in [0.1, 0.15) is 28.5 Å².